The van der Waals surface area contributed by atoms with E-state index in [4.69, 9.17) is 9.47 Å². The molecule has 0 atom stereocenters. The lowest BCUT2D eigenvalue weighted by molar-refractivity contribution is 0.0988. The third-order valence-corrected chi connectivity index (χ3v) is 4.23. The van der Waals surface area contributed by atoms with E-state index in [0.717, 1.165) is 17.2 Å². The van der Waals surface area contributed by atoms with Gasteiger partial charge < -0.3 is 19.7 Å². The van der Waals surface area contributed by atoms with Crippen molar-refractivity contribution in [1.82, 2.24) is 9.97 Å². The molecule has 1 heterocycles. The zero-order chi connectivity index (χ0) is 20.6. The van der Waals surface area contributed by atoms with Crippen LogP contribution in [0.25, 0.3) is 0 Å². The summed E-state index contributed by atoms with van der Waals surface area (Å²) >= 11 is 0. The molecule has 0 radical (unpaired) electrons. The Balaban J connectivity index is 1.59. The van der Waals surface area contributed by atoms with Crippen molar-refractivity contribution in [2.24, 2.45) is 0 Å². The van der Waals surface area contributed by atoms with Crippen LogP contribution >= 0.6 is 0 Å². The molecule has 1 amide bonds. The summed E-state index contributed by atoms with van der Waals surface area (Å²) in [5.74, 6) is 1.73. The number of aryl methyl sites for hydroxylation is 1. The number of hydrogen-bond donors (Lipinski definition) is 1. The maximum absolute atomic E-state index is 12.8. The Kier molecular flexibility index (Phi) is 6.63. The topological polar surface area (TPSA) is 76.6 Å². The molecule has 29 heavy (non-hydrogen) atoms. The lowest BCUT2D eigenvalue weighted by Gasteiger charge is -2.17. The number of carbonyl (C=O) groups excluding carboxylic acids is 1. The van der Waals surface area contributed by atoms with Crippen LogP contribution in [0.1, 0.15) is 16.2 Å². The first-order valence-corrected chi connectivity index (χ1v) is 9.26. The van der Waals surface area contributed by atoms with Crippen molar-refractivity contribution in [1.29, 1.82) is 0 Å². The molecule has 0 saturated heterocycles. The number of para-hydroxylation sites is 1. The summed E-state index contributed by atoms with van der Waals surface area (Å²) in [5, 5.41) is 3.11. The molecule has 2 aromatic carbocycles. The van der Waals surface area contributed by atoms with Crippen LogP contribution in [-0.4, -0.2) is 43.2 Å². The molecule has 150 valence electrons. The molecule has 7 nitrogen and oxygen atoms in total. The SMILES string of the molecule is COc1ccc(OCCNc2nc(C)cc(C(=O)N(C)c3ccccc3)n2)cc1. The fourth-order valence-electron chi connectivity index (χ4n) is 2.70. The van der Waals surface area contributed by atoms with E-state index in [1.54, 1.807) is 25.1 Å². The Hall–Kier alpha value is -3.61. The van der Waals surface area contributed by atoms with Crippen LogP contribution in [0, 0.1) is 6.92 Å². The molecular formula is C22H24N4O3. The van der Waals surface area contributed by atoms with Crippen LogP contribution in [0.15, 0.2) is 60.7 Å². The van der Waals surface area contributed by atoms with Gasteiger partial charge >= 0.3 is 0 Å². The molecule has 1 aromatic heterocycles. The smallest absolute Gasteiger partial charge is 0.276 e. The van der Waals surface area contributed by atoms with E-state index in [2.05, 4.69) is 15.3 Å². The predicted octanol–water partition coefficient (Wildman–Crippen LogP) is 3.56. The lowest BCUT2D eigenvalue weighted by atomic mass is 10.2. The highest BCUT2D eigenvalue weighted by Crippen LogP contribution is 2.17. The Morgan fingerprint density at radius 3 is 2.41 bits per heavy atom. The van der Waals surface area contributed by atoms with Gasteiger partial charge in [-0.3, -0.25) is 4.79 Å². The van der Waals surface area contributed by atoms with Crippen molar-refractivity contribution in [3.05, 3.63) is 72.1 Å². The number of nitrogens with zero attached hydrogens (tertiary/aromatic N) is 3. The molecule has 0 spiro atoms. The van der Waals surface area contributed by atoms with Gasteiger partial charge in [-0.1, -0.05) is 18.2 Å². The van der Waals surface area contributed by atoms with Crippen molar-refractivity contribution in [2.45, 2.75) is 6.92 Å². The van der Waals surface area contributed by atoms with E-state index in [1.165, 1.54) is 0 Å². The number of methoxy groups -OCH3 is 1. The molecule has 1 N–H and O–H groups in total. The largest absolute Gasteiger partial charge is 0.497 e. The lowest BCUT2D eigenvalue weighted by Crippen LogP contribution is -2.27. The van der Waals surface area contributed by atoms with Crippen LogP contribution in [-0.2, 0) is 0 Å². The van der Waals surface area contributed by atoms with Crippen LogP contribution < -0.4 is 19.7 Å². The van der Waals surface area contributed by atoms with Gasteiger partial charge in [-0.05, 0) is 49.4 Å². The van der Waals surface area contributed by atoms with Gasteiger partial charge in [0.2, 0.25) is 5.95 Å². The number of carbonyl (C=O) groups is 1. The van der Waals surface area contributed by atoms with Gasteiger partial charge in [-0.25, -0.2) is 9.97 Å². The van der Waals surface area contributed by atoms with Crippen molar-refractivity contribution < 1.29 is 14.3 Å². The number of amides is 1. The fraction of sp³-hybridized carbons (Fsp3) is 0.227. The Morgan fingerprint density at radius 2 is 1.72 bits per heavy atom. The summed E-state index contributed by atoms with van der Waals surface area (Å²) in [4.78, 5) is 23.1. The maximum atomic E-state index is 12.8. The molecular weight excluding hydrogens is 368 g/mol. The van der Waals surface area contributed by atoms with Gasteiger partial charge in [-0.2, -0.15) is 0 Å². The third kappa shape index (κ3) is 5.44. The number of hydrogen-bond acceptors (Lipinski definition) is 6. The first kappa shape index (κ1) is 20.1. The molecule has 7 heteroatoms. The summed E-state index contributed by atoms with van der Waals surface area (Å²) in [7, 11) is 3.35. The highest BCUT2D eigenvalue weighted by atomic mass is 16.5. The molecule has 0 aliphatic heterocycles. The molecule has 0 saturated carbocycles. The minimum absolute atomic E-state index is 0.195. The molecule has 0 bridgehead atoms. The zero-order valence-electron chi connectivity index (χ0n) is 16.8. The highest BCUT2D eigenvalue weighted by molar-refractivity contribution is 6.04. The molecule has 0 unspecified atom stereocenters. The number of rotatable bonds is 8. The summed E-state index contributed by atoms with van der Waals surface area (Å²) in [5.41, 5.74) is 1.85. The van der Waals surface area contributed by atoms with Gasteiger partial charge in [0.25, 0.3) is 5.91 Å². The fourth-order valence-corrected chi connectivity index (χ4v) is 2.70. The average Bonchev–Trinajstić information content (AvgIpc) is 2.76. The third-order valence-electron chi connectivity index (χ3n) is 4.23. The normalized spacial score (nSPS) is 10.3. The quantitative estimate of drug-likeness (QED) is 0.591. The van der Waals surface area contributed by atoms with Crippen LogP contribution in [0.4, 0.5) is 11.6 Å². The van der Waals surface area contributed by atoms with Crippen molar-refractivity contribution in [3.63, 3.8) is 0 Å². The van der Waals surface area contributed by atoms with E-state index in [9.17, 15) is 4.79 Å². The number of benzene rings is 2. The van der Waals surface area contributed by atoms with Gasteiger partial charge in [0.15, 0.2) is 0 Å². The Bertz CT molecular complexity index is 946. The van der Waals surface area contributed by atoms with Gasteiger partial charge in [0, 0.05) is 18.4 Å². The van der Waals surface area contributed by atoms with Crippen LogP contribution in [0.5, 0.6) is 11.5 Å². The van der Waals surface area contributed by atoms with E-state index in [-0.39, 0.29) is 5.91 Å². The minimum Gasteiger partial charge on any atom is -0.497 e. The summed E-state index contributed by atoms with van der Waals surface area (Å²) < 4.78 is 10.8. The predicted molar refractivity (Wildman–Crippen MR) is 113 cm³/mol. The number of nitrogens with one attached hydrogen (secondary N) is 1. The van der Waals surface area contributed by atoms with E-state index < -0.39 is 0 Å². The second-order valence-electron chi connectivity index (χ2n) is 6.37. The number of aromatic nitrogens is 2. The Labute approximate surface area is 170 Å². The molecule has 3 rings (SSSR count). The monoisotopic (exact) mass is 392 g/mol. The second-order valence-corrected chi connectivity index (χ2v) is 6.37. The summed E-state index contributed by atoms with van der Waals surface area (Å²) in [6, 6.07) is 18.5. The van der Waals surface area contributed by atoms with Crippen LogP contribution in [0.2, 0.25) is 0 Å². The first-order chi connectivity index (χ1) is 14.1. The van der Waals surface area contributed by atoms with Crippen molar-refractivity contribution in [2.75, 3.05) is 37.5 Å². The van der Waals surface area contributed by atoms with E-state index in [0.29, 0.717) is 30.5 Å². The average molecular weight is 392 g/mol. The molecule has 0 fully saturated rings. The zero-order valence-corrected chi connectivity index (χ0v) is 16.8. The summed E-state index contributed by atoms with van der Waals surface area (Å²) in [6.45, 7) is 2.76. The molecule has 0 aliphatic rings. The van der Waals surface area contributed by atoms with Gasteiger partial charge in [0.05, 0.1) is 13.7 Å². The molecule has 3 aromatic rings. The molecule has 0 aliphatic carbocycles. The number of ether oxygens (including phenoxy) is 2. The van der Waals surface area contributed by atoms with Crippen molar-refractivity contribution >= 4 is 17.5 Å². The van der Waals surface area contributed by atoms with Gasteiger partial charge in [0.1, 0.15) is 23.8 Å². The maximum Gasteiger partial charge on any atom is 0.276 e. The Morgan fingerprint density at radius 1 is 1.03 bits per heavy atom. The summed E-state index contributed by atoms with van der Waals surface area (Å²) in [6.07, 6.45) is 0. The first-order valence-electron chi connectivity index (χ1n) is 9.26. The van der Waals surface area contributed by atoms with E-state index in [1.807, 2.05) is 61.5 Å². The van der Waals surface area contributed by atoms with Crippen molar-refractivity contribution in [3.8, 4) is 11.5 Å². The number of anilines is 2. The minimum atomic E-state index is -0.195. The second kappa shape index (κ2) is 9.54. The standard InChI is InChI=1S/C22H24N4O3/c1-16-15-20(21(27)26(2)17-7-5-4-6-8-17)25-22(24-16)23-13-14-29-19-11-9-18(28-3)10-12-19/h4-12,15H,13-14H2,1-3H3,(H,23,24,25). The highest BCUT2D eigenvalue weighted by Gasteiger charge is 2.16. The van der Waals surface area contributed by atoms with E-state index >= 15 is 0 Å². The van der Waals surface area contributed by atoms with Gasteiger partial charge in [-0.15, -0.1) is 0 Å². The van der Waals surface area contributed by atoms with Crippen LogP contribution in [0.3, 0.4) is 0 Å².